The average Bonchev–Trinajstić information content (AvgIpc) is 2.95. The highest BCUT2D eigenvalue weighted by atomic mass is 16.2. The molecule has 110 valence electrons. The van der Waals surface area contributed by atoms with Crippen molar-refractivity contribution in [1.29, 1.82) is 0 Å². The molecule has 22 heavy (non-hydrogen) atoms. The number of hydrogen-bond donors (Lipinski definition) is 1. The molecule has 6 nitrogen and oxygen atoms in total. The number of carbonyl (C=O) groups excluding carboxylic acids is 1. The molecule has 0 aliphatic carbocycles. The van der Waals surface area contributed by atoms with Crippen LogP contribution in [0.5, 0.6) is 0 Å². The Morgan fingerprint density at radius 2 is 1.95 bits per heavy atom. The maximum absolute atomic E-state index is 12.2. The lowest BCUT2D eigenvalue weighted by Crippen LogP contribution is -2.18. The molecule has 2 aromatic heterocycles. The summed E-state index contributed by atoms with van der Waals surface area (Å²) in [4.78, 5) is 24.5. The second-order valence-corrected chi connectivity index (χ2v) is 4.81. The summed E-state index contributed by atoms with van der Waals surface area (Å²) in [6.07, 6.45) is 5.05. The fraction of sp³-hybridized carbons (Fsp3) is 0.125. The van der Waals surface area contributed by atoms with E-state index in [-0.39, 0.29) is 5.91 Å². The molecule has 0 aliphatic rings. The summed E-state index contributed by atoms with van der Waals surface area (Å²) in [7, 11) is 0. The first-order valence-electron chi connectivity index (χ1n) is 6.88. The van der Waals surface area contributed by atoms with E-state index >= 15 is 0 Å². The Labute approximate surface area is 127 Å². The van der Waals surface area contributed by atoms with Gasteiger partial charge in [-0.1, -0.05) is 30.3 Å². The van der Waals surface area contributed by atoms with E-state index in [0.717, 1.165) is 5.56 Å². The zero-order valence-electron chi connectivity index (χ0n) is 12.1. The molecule has 0 aliphatic heterocycles. The van der Waals surface area contributed by atoms with Gasteiger partial charge in [-0.25, -0.2) is 15.0 Å². The molecule has 0 unspecified atom stereocenters. The van der Waals surface area contributed by atoms with E-state index in [1.807, 2.05) is 41.1 Å². The maximum Gasteiger partial charge on any atom is 0.276 e. The van der Waals surface area contributed by atoms with Gasteiger partial charge in [-0.2, -0.15) is 0 Å². The van der Waals surface area contributed by atoms with Crippen LogP contribution in [0.1, 0.15) is 21.9 Å². The minimum atomic E-state index is -0.300. The Bertz CT molecular complexity index is 782. The Balaban J connectivity index is 1.76. The normalized spacial score (nSPS) is 10.4. The summed E-state index contributed by atoms with van der Waals surface area (Å²) in [6.45, 7) is 2.38. The van der Waals surface area contributed by atoms with Crippen molar-refractivity contribution in [2.45, 2.75) is 13.5 Å². The van der Waals surface area contributed by atoms with E-state index in [9.17, 15) is 4.79 Å². The molecule has 0 saturated heterocycles. The zero-order valence-corrected chi connectivity index (χ0v) is 12.1. The van der Waals surface area contributed by atoms with E-state index in [0.29, 0.717) is 24.0 Å². The van der Waals surface area contributed by atoms with Crippen LogP contribution in [0.2, 0.25) is 0 Å². The minimum absolute atomic E-state index is 0.300. The molecule has 0 atom stereocenters. The third-order valence-corrected chi connectivity index (χ3v) is 3.15. The number of anilines is 1. The SMILES string of the molecule is Cc1nccc(C(=O)Nc2nccn2Cc2ccccc2)n1. The Hall–Kier alpha value is -3.02. The van der Waals surface area contributed by atoms with Gasteiger partial charge in [0.2, 0.25) is 5.95 Å². The Morgan fingerprint density at radius 3 is 2.73 bits per heavy atom. The summed E-state index contributed by atoms with van der Waals surface area (Å²) >= 11 is 0. The lowest BCUT2D eigenvalue weighted by molar-refractivity contribution is 0.102. The topological polar surface area (TPSA) is 72.7 Å². The third-order valence-electron chi connectivity index (χ3n) is 3.15. The van der Waals surface area contributed by atoms with Gasteiger partial charge in [-0.3, -0.25) is 10.1 Å². The van der Waals surface area contributed by atoms with Crippen molar-refractivity contribution in [2.24, 2.45) is 0 Å². The molecule has 0 radical (unpaired) electrons. The number of hydrogen-bond acceptors (Lipinski definition) is 4. The van der Waals surface area contributed by atoms with Gasteiger partial charge in [0.25, 0.3) is 5.91 Å². The molecule has 3 aromatic rings. The molecule has 6 heteroatoms. The first kappa shape index (κ1) is 13.9. The number of carbonyl (C=O) groups is 1. The van der Waals surface area contributed by atoms with Gasteiger partial charge in [0.05, 0.1) is 6.54 Å². The van der Waals surface area contributed by atoms with Crippen LogP contribution in [0.15, 0.2) is 55.0 Å². The molecular weight excluding hydrogens is 278 g/mol. The lowest BCUT2D eigenvalue weighted by atomic mass is 10.2. The molecule has 1 aromatic carbocycles. The predicted molar refractivity (Wildman–Crippen MR) is 82.5 cm³/mol. The fourth-order valence-corrected chi connectivity index (χ4v) is 2.09. The van der Waals surface area contributed by atoms with Gasteiger partial charge in [-0.15, -0.1) is 0 Å². The molecule has 1 amide bonds. The lowest BCUT2D eigenvalue weighted by Gasteiger charge is -2.09. The molecule has 3 rings (SSSR count). The van der Waals surface area contributed by atoms with E-state index < -0.39 is 0 Å². The predicted octanol–water partition coefficient (Wildman–Crippen LogP) is 2.28. The van der Waals surface area contributed by atoms with E-state index in [1.54, 1.807) is 25.4 Å². The molecule has 2 heterocycles. The smallest absolute Gasteiger partial charge is 0.276 e. The number of rotatable bonds is 4. The quantitative estimate of drug-likeness (QED) is 0.801. The molecule has 0 spiro atoms. The highest BCUT2D eigenvalue weighted by molar-refractivity contribution is 6.01. The van der Waals surface area contributed by atoms with Crippen LogP contribution in [0.4, 0.5) is 5.95 Å². The standard InChI is InChI=1S/C16H15N5O/c1-12-17-8-7-14(19-12)15(22)20-16-18-9-10-21(16)11-13-5-3-2-4-6-13/h2-10H,11H2,1H3,(H,18,20,22). The fourth-order valence-electron chi connectivity index (χ4n) is 2.09. The van der Waals surface area contributed by atoms with Gasteiger partial charge in [0.1, 0.15) is 11.5 Å². The van der Waals surface area contributed by atoms with E-state index in [1.165, 1.54) is 0 Å². The highest BCUT2D eigenvalue weighted by Crippen LogP contribution is 2.10. The Kier molecular flexibility index (Phi) is 3.91. The number of aromatic nitrogens is 4. The van der Waals surface area contributed by atoms with Crippen LogP contribution >= 0.6 is 0 Å². The number of imidazole rings is 1. The number of benzene rings is 1. The monoisotopic (exact) mass is 293 g/mol. The van der Waals surface area contributed by atoms with Crippen molar-refractivity contribution in [3.8, 4) is 0 Å². The maximum atomic E-state index is 12.2. The molecule has 0 saturated carbocycles. The van der Waals surface area contributed by atoms with Crippen molar-refractivity contribution in [1.82, 2.24) is 19.5 Å². The van der Waals surface area contributed by atoms with E-state index in [2.05, 4.69) is 20.3 Å². The summed E-state index contributed by atoms with van der Waals surface area (Å²) in [5, 5.41) is 2.78. The first-order chi connectivity index (χ1) is 10.7. The first-order valence-corrected chi connectivity index (χ1v) is 6.88. The number of aryl methyl sites for hydroxylation is 1. The second-order valence-electron chi connectivity index (χ2n) is 4.81. The number of nitrogens with one attached hydrogen (secondary N) is 1. The van der Waals surface area contributed by atoms with Crippen molar-refractivity contribution in [3.63, 3.8) is 0 Å². The van der Waals surface area contributed by atoms with Crippen molar-refractivity contribution in [2.75, 3.05) is 5.32 Å². The van der Waals surface area contributed by atoms with Crippen molar-refractivity contribution in [3.05, 3.63) is 72.1 Å². The van der Waals surface area contributed by atoms with Gasteiger partial charge in [-0.05, 0) is 18.6 Å². The zero-order chi connectivity index (χ0) is 15.4. The average molecular weight is 293 g/mol. The summed E-state index contributed by atoms with van der Waals surface area (Å²) in [5.74, 6) is 0.747. The number of amides is 1. The second kappa shape index (κ2) is 6.17. The van der Waals surface area contributed by atoms with Crippen LogP contribution in [-0.4, -0.2) is 25.4 Å². The molecule has 0 bridgehead atoms. The van der Waals surface area contributed by atoms with Crippen LogP contribution in [0.25, 0.3) is 0 Å². The van der Waals surface area contributed by atoms with Crippen LogP contribution in [0, 0.1) is 6.92 Å². The highest BCUT2D eigenvalue weighted by Gasteiger charge is 2.11. The van der Waals surface area contributed by atoms with Crippen LogP contribution < -0.4 is 5.32 Å². The van der Waals surface area contributed by atoms with Crippen LogP contribution in [0.3, 0.4) is 0 Å². The van der Waals surface area contributed by atoms with Gasteiger partial charge in [0, 0.05) is 18.6 Å². The molecular formula is C16H15N5O. The molecule has 1 N–H and O–H groups in total. The van der Waals surface area contributed by atoms with Gasteiger partial charge in [0.15, 0.2) is 0 Å². The van der Waals surface area contributed by atoms with Crippen molar-refractivity contribution >= 4 is 11.9 Å². The largest absolute Gasteiger partial charge is 0.313 e. The minimum Gasteiger partial charge on any atom is -0.313 e. The summed E-state index contributed by atoms with van der Waals surface area (Å²) in [6, 6.07) is 11.6. The molecule has 0 fully saturated rings. The van der Waals surface area contributed by atoms with Gasteiger partial charge < -0.3 is 4.57 Å². The van der Waals surface area contributed by atoms with Gasteiger partial charge >= 0.3 is 0 Å². The van der Waals surface area contributed by atoms with Crippen LogP contribution in [-0.2, 0) is 6.54 Å². The Morgan fingerprint density at radius 1 is 1.14 bits per heavy atom. The third kappa shape index (κ3) is 3.17. The van der Waals surface area contributed by atoms with Crippen molar-refractivity contribution < 1.29 is 4.79 Å². The number of nitrogens with zero attached hydrogens (tertiary/aromatic N) is 4. The van der Waals surface area contributed by atoms with E-state index in [4.69, 9.17) is 0 Å². The summed E-state index contributed by atoms with van der Waals surface area (Å²) in [5.41, 5.74) is 1.45. The summed E-state index contributed by atoms with van der Waals surface area (Å²) < 4.78 is 1.88.